The van der Waals surface area contributed by atoms with Crippen molar-refractivity contribution in [1.29, 1.82) is 0 Å². The van der Waals surface area contributed by atoms with Crippen molar-refractivity contribution in [2.75, 3.05) is 13.2 Å². The van der Waals surface area contributed by atoms with Gasteiger partial charge >= 0.3 is 0 Å². The number of benzene rings is 1. The minimum Gasteiger partial charge on any atom is -0.381 e. The fourth-order valence-corrected chi connectivity index (χ4v) is 2.69. The van der Waals surface area contributed by atoms with Crippen molar-refractivity contribution in [3.05, 3.63) is 34.1 Å². The Labute approximate surface area is 103 Å². The van der Waals surface area contributed by atoms with E-state index in [2.05, 4.69) is 15.9 Å². The van der Waals surface area contributed by atoms with Crippen LogP contribution < -0.4 is 5.73 Å². The van der Waals surface area contributed by atoms with Crippen molar-refractivity contribution >= 4 is 15.9 Å². The third-order valence-corrected chi connectivity index (χ3v) is 3.71. The Balaban J connectivity index is 2.15. The summed E-state index contributed by atoms with van der Waals surface area (Å²) in [5, 5.41) is 0. The number of nitrogens with two attached hydrogens (primary N) is 1. The van der Waals surface area contributed by atoms with Crippen LogP contribution in [0, 0.1) is 11.7 Å². The molecular formula is C12H15BrFNO. The minimum absolute atomic E-state index is 0.0877. The van der Waals surface area contributed by atoms with E-state index >= 15 is 0 Å². The summed E-state index contributed by atoms with van der Waals surface area (Å²) in [7, 11) is 0. The second-order valence-corrected chi connectivity index (χ2v) is 5.02. The molecule has 88 valence electrons. The third-order valence-electron chi connectivity index (χ3n) is 3.02. The minimum atomic E-state index is -0.247. The number of hydrogen-bond donors (Lipinski definition) is 1. The van der Waals surface area contributed by atoms with Crippen LogP contribution in [0.2, 0.25) is 0 Å². The van der Waals surface area contributed by atoms with Crippen LogP contribution >= 0.6 is 15.9 Å². The molecule has 0 aliphatic carbocycles. The second kappa shape index (κ2) is 5.25. The summed E-state index contributed by atoms with van der Waals surface area (Å²) in [5.74, 6) is 0.0817. The van der Waals surface area contributed by atoms with Gasteiger partial charge in [0.2, 0.25) is 0 Å². The normalized spacial score (nSPS) is 23.1. The SMILES string of the molecule is NC(c1ccc(F)cc1Br)C1CCCOC1. The van der Waals surface area contributed by atoms with Gasteiger partial charge in [0.25, 0.3) is 0 Å². The number of hydrogen-bond acceptors (Lipinski definition) is 2. The van der Waals surface area contributed by atoms with Gasteiger partial charge < -0.3 is 10.5 Å². The topological polar surface area (TPSA) is 35.2 Å². The lowest BCUT2D eigenvalue weighted by atomic mass is 9.89. The van der Waals surface area contributed by atoms with Gasteiger partial charge in [0.05, 0.1) is 6.61 Å². The van der Waals surface area contributed by atoms with Gasteiger partial charge in [-0.05, 0) is 30.5 Å². The highest BCUT2D eigenvalue weighted by Gasteiger charge is 2.23. The molecule has 1 aromatic rings. The monoisotopic (exact) mass is 287 g/mol. The first-order chi connectivity index (χ1) is 7.68. The van der Waals surface area contributed by atoms with Crippen molar-refractivity contribution in [3.63, 3.8) is 0 Å². The van der Waals surface area contributed by atoms with Crippen molar-refractivity contribution < 1.29 is 9.13 Å². The molecule has 0 amide bonds. The first-order valence-electron chi connectivity index (χ1n) is 5.47. The maximum absolute atomic E-state index is 13.0. The average molecular weight is 288 g/mol. The Kier molecular flexibility index (Phi) is 3.95. The van der Waals surface area contributed by atoms with Gasteiger partial charge in [-0.15, -0.1) is 0 Å². The van der Waals surface area contributed by atoms with E-state index in [1.807, 2.05) is 0 Å². The van der Waals surface area contributed by atoms with Crippen molar-refractivity contribution in [2.24, 2.45) is 11.7 Å². The van der Waals surface area contributed by atoms with E-state index in [9.17, 15) is 4.39 Å². The molecule has 1 fully saturated rings. The van der Waals surface area contributed by atoms with Gasteiger partial charge in [-0.2, -0.15) is 0 Å². The smallest absolute Gasteiger partial charge is 0.124 e. The predicted molar refractivity (Wildman–Crippen MR) is 64.6 cm³/mol. The van der Waals surface area contributed by atoms with Crippen LogP contribution in [-0.4, -0.2) is 13.2 Å². The molecule has 2 rings (SSSR count). The zero-order valence-corrected chi connectivity index (χ0v) is 10.5. The summed E-state index contributed by atoms with van der Waals surface area (Å²) in [4.78, 5) is 0. The molecule has 2 N–H and O–H groups in total. The lowest BCUT2D eigenvalue weighted by molar-refractivity contribution is 0.0447. The highest BCUT2D eigenvalue weighted by molar-refractivity contribution is 9.10. The van der Waals surface area contributed by atoms with E-state index in [1.165, 1.54) is 12.1 Å². The first-order valence-corrected chi connectivity index (χ1v) is 6.26. The van der Waals surface area contributed by atoms with Crippen molar-refractivity contribution in [2.45, 2.75) is 18.9 Å². The fourth-order valence-electron chi connectivity index (χ4n) is 2.07. The number of ether oxygens (including phenoxy) is 1. The van der Waals surface area contributed by atoms with E-state index in [-0.39, 0.29) is 11.9 Å². The zero-order valence-electron chi connectivity index (χ0n) is 8.96. The molecule has 2 unspecified atom stereocenters. The van der Waals surface area contributed by atoms with Crippen LogP contribution in [0.25, 0.3) is 0 Å². The van der Waals surface area contributed by atoms with Crippen molar-refractivity contribution in [1.82, 2.24) is 0 Å². The molecule has 2 nitrogen and oxygen atoms in total. The molecule has 0 bridgehead atoms. The molecule has 1 saturated heterocycles. The lowest BCUT2D eigenvalue weighted by Gasteiger charge is -2.28. The summed E-state index contributed by atoms with van der Waals surface area (Å²) >= 11 is 3.35. The summed E-state index contributed by atoms with van der Waals surface area (Å²) in [5.41, 5.74) is 7.14. The van der Waals surface area contributed by atoms with E-state index in [0.29, 0.717) is 12.5 Å². The van der Waals surface area contributed by atoms with Crippen molar-refractivity contribution in [3.8, 4) is 0 Å². The van der Waals surface area contributed by atoms with Crippen LogP contribution in [0.4, 0.5) is 4.39 Å². The molecule has 0 saturated carbocycles. The molecule has 0 radical (unpaired) electrons. The lowest BCUT2D eigenvalue weighted by Crippen LogP contribution is -2.29. The molecule has 1 aliphatic rings. The first kappa shape index (κ1) is 12.0. The van der Waals surface area contributed by atoms with Gasteiger partial charge in [-0.1, -0.05) is 22.0 Å². The largest absolute Gasteiger partial charge is 0.381 e. The summed E-state index contributed by atoms with van der Waals surface area (Å²) in [6.45, 7) is 1.53. The number of rotatable bonds is 2. The van der Waals surface area contributed by atoms with Gasteiger partial charge in [0.15, 0.2) is 0 Å². The quantitative estimate of drug-likeness (QED) is 0.908. The molecule has 2 atom stereocenters. The third kappa shape index (κ3) is 2.62. The Hall–Kier alpha value is -0.450. The summed E-state index contributed by atoms with van der Waals surface area (Å²) < 4.78 is 19.1. The van der Waals surface area contributed by atoms with Gasteiger partial charge in [0, 0.05) is 23.0 Å². The maximum Gasteiger partial charge on any atom is 0.124 e. The van der Waals surface area contributed by atoms with E-state index in [4.69, 9.17) is 10.5 Å². The van der Waals surface area contributed by atoms with E-state index in [0.717, 1.165) is 29.5 Å². The summed E-state index contributed by atoms with van der Waals surface area (Å²) in [6, 6.07) is 4.57. The molecule has 1 heterocycles. The molecule has 1 aliphatic heterocycles. The van der Waals surface area contributed by atoms with Crippen LogP contribution in [0.15, 0.2) is 22.7 Å². The average Bonchev–Trinajstić information content (AvgIpc) is 2.29. The van der Waals surface area contributed by atoms with E-state index < -0.39 is 0 Å². The standard InChI is InChI=1S/C12H15BrFNO/c13-11-6-9(14)3-4-10(11)12(15)8-2-1-5-16-7-8/h3-4,6,8,12H,1-2,5,7,15H2. The van der Waals surface area contributed by atoms with Crippen LogP contribution in [0.3, 0.4) is 0 Å². The molecule has 1 aromatic carbocycles. The summed E-state index contributed by atoms with van der Waals surface area (Å²) in [6.07, 6.45) is 2.13. The zero-order chi connectivity index (χ0) is 11.5. The predicted octanol–water partition coefficient (Wildman–Crippen LogP) is 3.01. The van der Waals surface area contributed by atoms with Gasteiger partial charge in [0.1, 0.15) is 5.82 Å². The van der Waals surface area contributed by atoms with Gasteiger partial charge in [-0.25, -0.2) is 4.39 Å². The number of halogens is 2. The van der Waals surface area contributed by atoms with Crippen LogP contribution in [0.5, 0.6) is 0 Å². The highest BCUT2D eigenvalue weighted by Crippen LogP contribution is 2.31. The Morgan fingerprint density at radius 1 is 1.50 bits per heavy atom. The van der Waals surface area contributed by atoms with Crippen LogP contribution in [0.1, 0.15) is 24.4 Å². The maximum atomic E-state index is 13.0. The van der Waals surface area contributed by atoms with Gasteiger partial charge in [-0.3, -0.25) is 0 Å². The Bertz CT molecular complexity index is 366. The molecule has 16 heavy (non-hydrogen) atoms. The molecular weight excluding hydrogens is 273 g/mol. The Morgan fingerprint density at radius 3 is 2.94 bits per heavy atom. The second-order valence-electron chi connectivity index (χ2n) is 4.17. The fraction of sp³-hybridized carbons (Fsp3) is 0.500. The van der Waals surface area contributed by atoms with E-state index in [1.54, 1.807) is 6.07 Å². The molecule has 4 heteroatoms. The molecule has 0 aromatic heterocycles. The highest BCUT2D eigenvalue weighted by atomic mass is 79.9. The van der Waals surface area contributed by atoms with Crippen LogP contribution in [-0.2, 0) is 4.74 Å². The molecule has 0 spiro atoms. The Morgan fingerprint density at radius 2 is 2.31 bits per heavy atom.